The van der Waals surface area contributed by atoms with E-state index in [1.165, 1.54) is 0 Å². The second-order valence-corrected chi connectivity index (χ2v) is 5.44. The first kappa shape index (κ1) is 13.0. The minimum Gasteiger partial charge on any atom is -0.298 e. The number of H-pyrrole nitrogens is 1. The van der Waals surface area contributed by atoms with Gasteiger partial charge in [-0.2, -0.15) is 0 Å². The fourth-order valence-corrected chi connectivity index (χ4v) is 2.91. The average Bonchev–Trinajstić information content (AvgIpc) is 3.02. The van der Waals surface area contributed by atoms with Crippen molar-refractivity contribution in [3.8, 4) is 22.3 Å². The Kier molecular flexibility index (Phi) is 3.09. The molecular weight excluding hydrogens is 290 g/mol. The highest BCUT2D eigenvalue weighted by atomic mass is 32.1. The third-order valence-electron chi connectivity index (χ3n) is 3.71. The van der Waals surface area contributed by atoms with E-state index in [9.17, 15) is 0 Å². The van der Waals surface area contributed by atoms with Crippen LogP contribution in [-0.4, -0.2) is 14.6 Å². The van der Waals surface area contributed by atoms with Gasteiger partial charge in [0.1, 0.15) is 4.64 Å². The van der Waals surface area contributed by atoms with Gasteiger partial charge in [-0.1, -0.05) is 72.9 Å². The van der Waals surface area contributed by atoms with Crippen molar-refractivity contribution in [2.45, 2.75) is 0 Å². The summed E-state index contributed by atoms with van der Waals surface area (Å²) in [5.41, 5.74) is 5.04. The van der Waals surface area contributed by atoms with Crippen LogP contribution < -0.4 is 0 Å². The van der Waals surface area contributed by atoms with Crippen molar-refractivity contribution in [2.75, 3.05) is 0 Å². The molecule has 0 aliphatic rings. The van der Waals surface area contributed by atoms with E-state index in [0.29, 0.717) is 0 Å². The highest BCUT2D eigenvalue weighted by Crippen LogP contribution is 2.26. The van der Waals surface area contributed by atoms with Gasteiger partial charge in [0.2, 0.25) is 0 Å². The van der Waals surface area contributed by atoms with Crippen LogP contribution in [0.25, 0.3) is 27.9 Å². The van der Waals surface area contributed by atoms with Crippen LogP contribution in [-0.2, 0) is 0 Å². The number of hydrogen-bond donors (Lipinski definition) is 1. The molecule has 4 rings (SSSR count). The SMILES string of the molecule is S=c1c(-c2ccccc2)cnc2c(-c3ccccc3)c[nH]n12. The Labute approximate surface area is 132 Å². The molecule has 1 N–H and O–H groups in total. The fourth-order valence-electron chi connectivity index (χ4n) is 2.60. The normalized spacial score (nSPS) is 10.9. The van der Waals surface area contributed by atoms with Crippen LogP contribution in [0.2, 0.25) is 0 Å². The Morgan fingerprint density at radius 1 is 0.818 bits per heavy atom. The van der Waals surface area contributed by atoms with Gasteiger partial charge in [0.05, 0.1) is 0 Å². The van der Waals surface area contributed by atoms with Gasteiger partial charge in [0.25, 0.3) is 0 Å². The van der Waals surface area contributed by atoms with E-state index in [4.69, 9.17) is 12.2 Å². The number of hydrogen-bond acceptors (Lipinski definition) is 2. The maximum Gasteiger partial charge on any atom is 0.162 e. The van der Waals surface area contributed by atoms with Crippen molar-refractivity contribution in [3.05, 3.63) is 77.7 Å². The van der Waals surface area contributed by atoms with Crippen LogP contribution in [0, 0.1) is 4.64 Å². The third kappa shape index (κ3) is 2.05. The molecule has 3 nitrogen and oxygen atoms in total. The molecule has 4 aromatic rings. The standard InChI is InChI=1S/C18H13N3S/c22-18-16(14-9-5-2-6-10-14)11-19-17-15(12-20-21(17)18)13-7-3-1-4-8-13/h1-12,20H. The highest BCUT2D eigenvalue weighted by Gasteiger charge is 2.10. The lowest BCUT2D eigenvalue weighted by atomic mass is 10.1. The molecule has 0 aliphatic heterocycles. The number of rotatable bonds is 2. The number of aromatic amines is 1. The molecule has 0 saturated heterocycles. The minimum absolute atomic E-state index is 0.735. The summed E-state index contributed by atoms with van der Waals surface area (Å²) in [7, 11) is 0. The van der Waals surface area contributed by atoms with E-state index in [2.05, 4.69) is 22.2 Å². The lowest BCUT2D eigenvalue weighted by molar-refractivity contribution is 0.927. The molecule has 0 aliphatic carbocycles. The number of fused-ring (bicyclic) bond motifs is 1. The zero-order valence-corrected chi connectivity index (χ0v) is 12.5. The first-order valence-corrected chi connectivity index (χ1v) is 7.45. The zero-order chi connectivity index (χ0) is 14.9. The van der Waals surface area contributed by atoms with Gasteiger partial charge >= 0.3 is 0 Å². The van der Waals surface area contributed by atoms with E-state index in [1.54, 1.807) is 0 Å². The Bertz CT molecular complexity index is 985. The van der Waals surface area contributed by atoms with Gasteiger partial charge in [0.15, 0.2) is 5.65 Å². The maximum atomic E-state index is 5.63. The summed E-state index contributed by atoms with van der Waals surface area (Å²) >= 11 is 5.63. The predicted octanol–water partition coefficient (Wildman–Crippen LogP) is 4.73. The van der Waals surface area contributed by atoms with Gasteiger partial charge in [-0.25, -0.2) is 9.50 Å². The summed E-state index contributed by atoms with van der Waals surface area (Å²) in [6.07, 6.45) is 3.80. The molecule has 4 heteroatoms. The van der Waals surface area contributed by atoms with Gasteiger partial charge < -0.3 is 0 Å². The first-order valence-electron chi connectivity index (χ1n) is 7.04. The monoisotopic (exact) mass is 303 g/mol. The number of nitrogens with zero attached hydrogens (tertiary/aromatic N) is 2. The second kappa shape index (κ2) is 5.24. The van der Waals surface area contributed by atoms with E-state index >= 15 is 0 Å². The lowest BCUT2D eigenvalue weighted by Gasteiger charge is -2.04. The van der Waals surface area contributed by atoms with E-state index in [-0.39, 0.29) is 0 Å². The van der Waals surface area contributed by atoms with E-state index in [0.717, 1.165) is 32.5 Å². The van der Waals surface area contributed by atoms with Crippen LogP contribution >= 0.6 is 12.2 Å². The second-order valence-electron chi connectivity index (χ2n) is 5.06. The van der Waals surface area contributed by atoms with Crippen LogP contribution in [0.4, 0.5) is 0 Å². The number of nitrogens with one attached hydrogen (secondary N) is 1. The van der Waals surface area contributed by atoms with Crippen molar-refractivity contribution in [1.29, 1.82) is 0 Å². The quantitative estimate of drug-likeness (QED) is 0.543. The fraction of sp³-hybridized carbons (Fsp3) is 0. The Morgan fingerprint density at radius 3 is 2.05 bits per heavy atom. The van der Waals surface area contributed by atoms with Gasteiger partial charge in [-0.15, -0.1) is 0 Å². The predicted molar refractivity (Wildman–Crippen MR) is 91.2 cm³/mol. The Morgan fingerprint density at radius 2 is 1.41 bits per heavy atom. The van der Waals surface area contributed by atoms with Crippen LogP contribution in [0.5, 0.6) is 0 Å². The summed E-state index contributed by atoms with van der Waals surface area (Å²) in [5.74, 6) is 0. The molecule has 2 aromatic carbocycles. The Hall–Kier alpha value is -2.72. The summed E-state index contributed by atoms with van der Waals surface area (Å²) in [6.45, 7) is 0. The zero-order valence-electron chi connectivity index (χ0n) is 11.7. The summed E-state index contributed by atoms with van der Waals surface area (Å²) in [5, 5.41) is 3.22. The average molecular weight is 303 g/mol. The largest absolute Gasteiger partial charge is 0.298 e. The van der Waals surface area contributed by atoms with Crippen molar-refractivity contribution in [2.24, 2.45) is 0 Å². The highest BCUT2D eigenvalue weighted by molar-refractivity contribution is 7.71. The minimum atomic E-state index is 0.735. The van der Waals surface area contributed by atoms with Crippen molar-refractivity contribution in [3.63, 3.8) is 0 Å². The molecule has 22 heavy (non-hydrogen) atoms. The molecule has 0 unspecified atom stereocenters. The van der Waals surface area contributed by atoms with Gasteiger partial charge in [-0.3, -0.25) is 5.10 Å². The van der Waals surface area contributed by atoms with Crippen molar-refractivity contribution in [1.82, 2.24) is 14.6 Å². The molecule has 0 radical (unpaired) electrons. The van der Waals surface area contributed by atoms with Crippen LogP contribution in [0.3, 0.4) is 0 Å². The molecule has 106 valence electrons. The smallest absolute Gasteiger partial charge is 0.162 e. The molecule has 0 fully saturated rings. The first-order chi connectivity index (χ1) is 10.8. The van der Waals surface area contributed by atoms with Gasteiger partial charge in [-0.05, 0) is 11.1 Å². The molecule has 0 spiro atoms. The number of benzene rings is 2. The van der Waals surface area contributed by atoms with Crippen LogP contribution in [0.15, 0.2) is 73.1 Å². The van der Waals surface area contributed by atoms with E-state index < -0.39 is 0 Å². The summed E-state index contributed by atoms with van der Waals surface area (Å²) < 4.78 is 2.60. The summed E-state index contributed by atoms with van der Waals surface area (Å²) in [6, 6.07) is 20.3. The summed E-state index contributed by atoms with van der Waals surface area (Å²) in [4.78, 5) is 4.62. The van der Waals surface area contributed by atoms with Crippen molar-refractivity contribution >= 4 is 17.9 Å². The molecule has 0 bridgehead atoms. The van der Waals surface area contributed by atoms with E-state index in [1.807, 2.05) is 65.4 Å². The van der Waals surface area contributed by atoms with Gasteiger partial charge in [0, 0.05) is 23.5 Å². The topological polar surface area (TPSA) is 33.1 Å². The Balaban J connectivity index is 1.94. The maximum absolute atomic E-state index is 5.63. The number of aromatic nitrogens is 3. The van der Waals surface area contributed by atoms with Crippen LogP contribution in [0.1, 0.15) is 0 Å². The molecule has 0 amide bonds. The molecule has 2 heterocycles. The van der Waals surface area contributed by atoms with Crippen molar-refractivity contribution < 1.29 is 0 Å². The molecule has 0 atom stereocenters. The lowest BCUT2D eigenvalue weighted by Crippen LogP contribution is -1.95. The molecule has 2 aromatic heterocycles. The third-order valence-corrected chi connectivity index (χ3v) is 4.11. The molecule has 0 saturated carbocycles. The molecular formula is C18H13N3S.